The zero-order valence-corrected chi connectivity index (χ0v) is 17.6. The minimum Gasteiger partial charge on any atom is -0.475 e. The van der Waals surface area contributed by atoms with Crippen LogP contribution >= 0.6 is 0 Å². The van der Waals surface area contributed by atoms with E-state index >= 15 is 0 Å². The zero-order chi connectivity index (χ0) is 23.9. The molecule has 178 valence electrons. The fourth-order valence-electron chi connectivity index (χ4n) is 3.65. The minimum atomic E-state index is -5.08. The molecular formula is C21H23F3N4O5. The van der Waals surface area contributed by atoms with E-state index in [2.05, 4.69) is 15.0 Å². The first-order valence-electron chi connectivity index (χ1n) is 10.2. The lowest BCUT2D eigenvalue weighted by atomic mass is 9.88. The maximum atomic E-state index is 12.5. The molecule has 4 heterocycles. The number of carboxylic acid groups (broad SMARTS) is 1. The lowest BCUT2D eigenvalue weighted by Crippen LogP contribution is -2.46. The number of amides is 1. The van der Waals surface area contributed by atoms with Gasteiger partial charge in [0.15, 0.2) is 0 Å². The van der Waals surface area contributed by atoms with Gasteiger partial charge in [-0.1, -0.05) is 6.07 Å². The fourth-order valence-corrected chi connectivity index (χ4v) is 3.65. The van der Waals surface area contributed by atoms with Gasteiger partial charge in [0.25, 0.3) is 5.91 Å². The molecule has 0 bridgehead atoms. The van der Waals surface area contributed by atoms with E-state index in [-0.39, 0.29) is 17.6 Å². The van der Waals surface area contributed by atoms with E-state index in [0.717, 1.165) is 24.8 Å². The van der Waals surface area contributed by atoms with Gasteiger partial charge in [-0.15, -0.1) is 0 Å². The molecule has 2 aliphatic heterocycles. The fraction of sp³-hybridized carbons (Fsp3) is 0.476. The molecule has 4 rings (SSSR count). The van der Waals surface area contributed by atoms with Crippen LogP contribution in [-0.4, -0.2) is 74.4 Å². The molecule has 12 heteroatoms. The van der Waals surface area contributed by atoms with Crippen molar-refractivity contribution in [1.29, 1.82) is 0 Å². The molecule has 0 aliphatic carbocycles. The van der Waals surface area contributed by atoms with Crippen LogP contribution in [0.1, 0.15) is 35.3 Å². The summed E-state index contributed by atoms with van der Waals surface area (Å²) in [5.74, 6) is -2.79. The highest BCUT2D eigenvalue weighted by Gasteiger charge is 2.44. The molecule has 0 radical (unpaired) electrons. The molecule has 2 saturated heterocycles. The van der Waals surface area contributed by atoms with Crippen LogP contribution in [0.25, 0.3) is 0 Å². The van der Waals surface area contributed by atoms with E-state index in [0.29, 0.717) is 32.0 Å². The van der Waals surface area contributed by atoms with Crippen LogP contribution in [0, 0.1) is 0 Å². The summed E-state index contributed by atoms with van der Waals surface area (Å²) in [5.41, 5.74) is 1.35. The van der Waals surface area contributed by atoms with E-state index < -0.39 is 12.1 Å². The van der Waals surface area contributed by atoms with Crippen molar-refractivity contribution in [3.8, 4) is 0 Å². The number of nitrogens with zero attached hydrogens (tertiary/aromatic N) is 4. The Kier molecular flexibility index (Phi) is 7.92. The summed E-state index contributed by atoms with van der Waals surface area (Å²) in [6, 6.07) is 5.58. The Morgan fingerprint density at radius 1 is 1.21 bits per heavy atom. The van der Waals surface area contributed by atoms with Crippen molar-refractivity contribution in [2.24, 2.45) is 0 Å². The standard InChI is InChI=1S/C19H22N4O3.C2HF3O2/c24-18(17-3-7-21-14-22-17)23-8-4-19(5-9-23)10-16(13-26-19)25-12-15-2-1-6-20-11-15;3-2(4,5)1(6)7/h1-3,6-7,11,14,16H,4-5,8-10,12-13H2;(H,6,7). The zero-order valence-electron chi connectivity index (χ0n) is 17.6. The van der Waals surface area contributed by atoms with E-state index in [1.54, 1.807) is 18.5 Å². The topological polar surface area (TPSA) is 115 Å². The highest BCUT2D eigenvalue weighted by atomic mass is 19.4. The number of aromatic nitrogens is 3. The number of alkyl halides is 3. The second kappa shape index (κ2) is 10.7. The van der Waals surface area contributed by atoms with Gasteiger partial charge in [-0.2, -0.15) is 13.2 Å². The number of aliphatic carboxylic acids is 1. The maximum Gasteiger partial charge on any atom is 0.490 e. The van der Waals surface area contributed by atoms with Crippen LogP contribution < -0.4 is 0 Å². The summed E-state index contributed by atoms with van der Waals surface area (Å²) in [5, 5.41) is 7.12. The van der Waals surface area contributed by atoms with Crippen LogP contribution in [0.5, 0.6) is 0 Å². The predicted molar refractivity (Wildman–Crippen MR) is 107 cm³/mol. The monoisotopic (exact) mass is 468 g/mol. The predicted octanol–water partition coefficient (Wildman–Crippen LogP) is 2.49. The highest BCUT2D eigenvalue weighted by Crippen LogP contribution is 2.37. The van der Waals surface area contributed by atoms with Crippen molar-refractivity contribution in [3.63, 3.8) is 0 Å². The van der Waals surface area contributed by atoms with Gasteiger partial charge in [0.05, 0.1) is 24.9 Å². The summed E-state index contributed by atoms with van der Waals surface area (Å²) >= 11 is 0. The molecule has 2 fully saturated rings. The molecule has 1 spiro atoms. The summed E-state index contributed by atoms with van der Waals surface area (Å²) in [6.45, 7) is 2.52. The Balaban J connectivity index is 0.000000383. The molecule has 0 aromatic carbocycles. The van der Waals surface area contributed by atoms with E-state index in [4.69, 9.17) is 19.4 Å². The number of ether oxygens (including phenoxy) is 2. The van der Waals surface area contributed by atoms with Gasteiger partial charge >= 0.3 is 12.1 Å². The molecule has 33 heavy (non-hydrogen) atoms. The molecule has 9 nitrogen and oxygen atoms in total. The largest absolute Gasteiger partial charge is 0.490 e. The van der Waals surface area contributed by atoms with Crippen molar-refractivity contribution in [1.82, 2.24) is 19.9 Å². The molecular weight excluding hydrogens is 445 g/mol. The number of hydrogen-bond acceptors (Lipinski definition) is 7. The number of carbonyl (C=O) groups excluding carboxylic acids is 1. The van der Waals surface area contributed by atoms with Crippen LogP contribution in [0.4, 0.5) is 13.2 Å². The Hall–Kier alpha value is -3.12. The average molecular weight is 468 g/mol. The maximum absolute atomic E-state index is 12.5. The highest BCUT2D eigenvalue weighted by molar-refractivity contribution is 5.92. The van der Waals surface area contributed by atoms with Crippen molar-refractivity contribution in [2.45, 2.75) is 43.8 Å². The lowest BCUT2D eigenvalue weighted by molar-refractivity contribution is -0.192. The van der Waals surface area contributed by atoms with Crippen molar-refractivity contribution >= 4 is 11.9 Å². The first-order valence-corrected chi connectivity index (χ1v) is 10.2. The Labute approximate surface area is 187 Å². The third-order valence-electron chi connectivity index (χ3n) is 5.39. The number of carboxylic acids is 1. The number of hydrogen-bond donors (Lipinski definition) is 1. The van der Waals surface area contributed by atoms with Crippen LogP contribution in [0.3, 0.4) is 0 Å². The summed E-state index contributed by atoms with van der Waals surface area (Å²) in [6.07, 6.45) is 4.13. The van der Waals surface area contributed by atoms with E-state index in [1.807, 2.05) is 23.2 Å². The molecule has 0 saturated carbocycles. The first kappa shape index (κ1) is 24.5. The smallest absolute Gasteiger partial charge is 0.475 e. The third-order valence-corrected chi connectivity index (χ3v) is 5.39. The molecule has 2 aromatic rings. The summed E-state index contributed by atoms with van der Waals surface area (Å²) in [4.78, 5) is 35.2. The third kappa shape index (κ3) is 6.93. The molecule has 1 atom stereocenters. The SMILES string of the molecule is O=C(O)C(F)(F)F.O=C(c1ccncn1)N1CCC2(CC1)CC(OCc1cccnc1)CO2. The number of piperidine rings is 1. The van der Waals surface area contributed by atoms with Crippen molar-refractivity contribution in [2.75, 3.05) is 19.7 Å². The number of rotatable bonds is 4. The normalized spacial score (nSPS) is 19.6. The number of likely N-dealkylation sites (tertiary alicyclic amines) is 1. The van der Waals surface area contributed by atoms with E-state index in [1.165, 1.54) is 6.33 Å². The van der Waals surface area contributed by atoms with Crippen LogP contribution in [-0.2, 0) is 20.9 Å². The Morgan fingerprint density at radius 2 is 1.94 bits per heavy atom. The minimum absolute atomic E-state index is 0.0374. The Morgan fingerprint density at radius 3 is 2.52 bits per heavy atom. The second-order valence-electron chi connectivity index (χ2n) is 7.68. The number of pyridine rings is 1. The Bertz CT molecular complexity index is 923. The van der Waals surface area contributed by atoms with Crippen LogP contribution in [0.2, 0.25) is 0 Å². The number of halogens is 3. The first-order chi connectivity index (χ1) is 15.7. The second-order valence-corrected chi connectivity index (χ2v) is 7.68. The van der Waals surface area contributed by atoms with E-state index in [9.17, 15) is 18.0 Å². The lowest BCUT2D eigenvalue weighted by Gasteiger charge is -2.38. The molecule has 1 amide bonds. The van der Waals surface area contributed by atoms with Gasteiger partial charge < -0.3 is 19.5 Å². The van der Waals surface area contributed by atoms with Gasteiger partial charge in [0.2, 0.25) is 0 Å². The summed E-state index contributed by atoms with van der Waals surface area (Å²) < 4.78 is 43.8. The molecule has 1 unspecified atom stereocenters. The summed E-state index contributed by atoms with van der Waals surface area (Å²) in [7, 11) is 0. The van der Waals surface area contributed by atoms with Gasteiger partial charge in [0, 0.05) is 38.1 Å². The van der Waals surface area contributed by atoms with Crippen LogP contribution in [0.15, 0.2) is 43.1 Å². The van der Waals surface area contributed by atoms with Gasteiger partial charge in [-0.25, -0.2) is 14.8 Å². The van der Waals surface area contributed by atoms with Gasteiger partial charge in [-0.3, -0.25) is 9.78 Å². The quantitative estimate of drug-likeness (QED) is 0.728. The molecule has 2 aliphatic rings. The van der Waals surface area contributed by atoms with Gasteiger partial charge in [0.1, 0.15) is 12.0 Å². The number of carbonyl (C=O) groups is 2. The van der Waals surface area contributed by atoms with Gasteiger partial charge in [-0.05, 0) is 30.5 Å². The molecule has 2 aromatic heterocycles. The van der Waals surface area contributed by atoms with Crippen molar-refractivity contribution in [3.05, 3.63) is 54.4 Å². The van der Waals surface area contributed by atoms with Crippen molar-refractivity contribution < 1.29 is 37.3 Å². The average Bonchev–Trinajstić information content (AvgIpc) is 3.21. The molecule has 1 N–H and O–H groups in total.